The van der Waals surface area contributed by atoms with Crippen molar-refractivity contribution in [2.24, 2.45) is 0 Å². The highest BCUT2D eigenvalue weighted by molar-refractivity contribution is 7.99. The number of halogens is 1. The maximum absolute atomic E-state index is 10.7. The fraction of sp³-hybridized carbons (Fsp3) is 0.125. The number of carbonyl (C=O) groups is 1. The first kappa shape index (κ1) is 21.0. The molecule has 0 amide bonds. The molecule has 0 unspecified atom stereocenters. The summed E-state index contributed by atoms with van der Waals surface area (Å²) < 4.78 is 5.29. The van der Waals surface area contributed by atoms with Gasteiger partial charge in [-0.1, -0.05) is 66.2 Å². The largest absolute Gasteiger partial charge is 0.482 e. The average molecular weight is 425 g/mol. The van der Waals surface area contributed by atoms with Crippen LogP contribution >= 0.6 is 23.4 Å². The number of hydrogen-bond donors (Lipinski definition) is 1. The van der Waals surface area contributed by atoms with Crippen LogP contribution in [0.25, 0.3) is 5.57 Å². The Morgan fingerprint density at radius 2 is 1.79 bits per heavy atom. The zero-order valence-electron chi connectivity index (χ0n) is 16.0. The Bertz CT molecular complexity index is 1020. The summed E-state index contributed by atoms with van der Waals surface area (Å²) in [6, 6.07) is 23.8. The van der Waals surface area contributed by atoms with Gasteiger partial charge in [-0.05, 0) is 47.9 Å². The van der Waals surface area contributed by atoms with Crippen molar-refractivity contribution < 1.29 is 14.6 Å². The highest BCUT2D eigenvalue weighted by Gasteiger charge is 2.09. The van der Waals surface area contributed by atoms with Crippen molar-refractivity contribution in [1.82, 2.24) is 0 Å². The van der Waals surface area contributed by atoms with Crippen LogP contribution in [-0.2, 0) is 4.79 Å². The topological polar surface area (TPSA) is 46.5 Å². The molecule has 0 aromatic heterocycles. The predicted molar refractivity (Wildman–Crippen MR) is 120 cm³/mol. The number of hydrogen-bond acceptors (Lipinski definition) is 3. The first-order valence-electron chi connectivity index (χ1n) is 9.13. The molecule has 29 heavy (non-hydrogen) atoms. The van der Waals surface area contributed by atoms with Crippen molar-refractivity contribution >= 4 is 34.9 Å². The standard InChI is InChI=1S/C24H21ClO3S/c1-17-15-19(11-12-23(17)28-16-24(26)27)29-14-13-20(18-7-3-2-4-8-18)21-9-5-6-10-22(21)25/h2-13,15H,14,16H2,1H3,(H,26,27)/b20-13-. The lowest BCUT2D eigenvalue weighted by atomic mass is 9.98. The van der Waals surface area contributed by atoms with Crippen LogP contribution in [0, 0.1) is 6.92 Å². The van der Waals surface area contributed by atoms with Gasteiger partial charge >= 0.3 is 5.97 Å². The van der Waals surface area contributed by atoms with Crippen molar-refractivity contribution in [2.75, 3.05) is 12.4 Å². The summed E-state index contributed by atoms with van der Waals surface area (Å²) >= 11 is 8.15. The van der Waals surface area contributed by atoms with E-state index in [1.807, 2.05) is 67.6 Å². The van der Waals surface area contributed by atoms with E-state index in [9.17, 15) is 4.79 Å². The third-order valence-corrected chi connectivity index (χ3v) is 5.53. The third kappa shape index (κ3) is 5.89. The van der Waals surface area contributed by atoms with Gasteiger partial charge in [0.25, 0.3) is 0 Å². The molecule has 0 atom stereocenters. The van der Waals surface area contributed by atoms with Crippen LogP contribution in [-0.4, -0.2) is 23.4 Å². The van der Waals surface area contributed by atoms with Crippen LogP contribution < -0.4 is 4.74 Å². The molecule has 5 heteroatoms. The number of carboxylic acids is 1. The van der Waals surface area contributed by atoms with E-state index in [0.29, 0.717) is 5.75 Å². The van der Waals surface area contributed by atoms with Gasteiger partial charge in [0.2, 0.25) is 0 Å². The fourth-order valence-corrected chi connectivity index (χ4v) is 4.02. The molecule has 1 N–H and O–H groups in total. The second-order valence-electron chi connectivity index (χ2n) is 6.38. The Morgan fingerprint density at radius 3 is 2.48 bits per heavy atom. The lowest BCUT2D eigenvalue weighted by Crippen LogP contribution is -2.09. The summed E-state index contributed by atoms with van der Waals surface area (Å²) in [5.41, 5.74) is 4.14. The van der Waals surface area contributed by atoms with Crippen LogP contribution in [0.2, 0.25) is 5.02 Å². The van der Waals surface area contributed by atoms with Crippen LogP contribution in [0.1, 0.15) is 16.7 Å². The van der Waals surface area contributed by atoms with Crippen LogP contribution in [0.4, 0.5) is 0 Å². The van der Waals surface area contributed by atoms with Crippen LogP contribution in [0.5, 0.6) is 5.75 Å². The van der Waals surface area contributed by atoms with Gasteiger partial charge < -0.3 is 9.84 Å². The molecule has 0 aliphatic carbocycles. The molecule has 0 saturated carbocycles. The molecule has 3 aromatic carbocycles. The van der Waals surface area contributed by atoms with E-state index in [4.69, 9.17) is 21.4 Å². The Labute approximate surface area is 180 Å². The summed E-state index contributed by atoms with van der Waals surface area (Å²) in [7, 11) is 0. The van der Waals surface area contributed by atoms with E-state index < -0.39 is 5.97 Å². The average Bonchev–Trinajstić information content (AvgIpc) is 2.72. The van der Waals surface area contributed by atoms with Gasteiger partial charge in [0.05, 0.1) is 0 Å². The number of rotatable bonds is 8. The second kappa shape index (κ2) is 10.2. The minimum absolute atomic E-state index is 0.339. The summed E-state index contributed by atoms with van der Waals surface area (Å²) in [5, 5.41) is 9.48. The molecule has 0 heterocycles. The van der Waals surface area contributed by atoms with E-state index in [1.54, 1.807) is 11.8 Å². The zero-order valence-corrected chi connectivity index (χ0v) is 17.5. The molecular weight excluding hydrogens is 404 g/mol. The molecule has 0 radical (unpaired) electrons. The van der Waals surface area contributed by atoms with Gasteiger partial charge in [0.1, 0.15) is 5.75 Å². The van der Waals surface area contributed by atoms with Crippen LogP contribution in [0.3, 0.4) is 0 Å². The Morgan fingerprint density at radius 1 is 1.07 bits per heavy atom. The second-order valence-corrected chi connectivity index (χ2v) is 7.89. The molecule has 0 bridgehead atoms. The molecule has 3 aromatic rings. The minimum Gasteiger partial charge on any atom is -0.482 e. The Hall–Kier alpha value is -2.69. The van der Waals surface area contributed by atoms with Crippen molar-refractivity contribution in [3.8, 4) is 5.75 Å². The van der Waals surface area contributed by atoms with Crippen molar-refractivity contribution in [3.05, 3.63) is 101 Å². The predicted octanol–water partition coefficient (Wildman–Crippen LogP) is 6.34. The summed E-state index contributed by atoms with van der Waals surface area (Å²) in [6.07, 6.45) is 2.19. The molecule has 0 aliphatic heterocycles. The maximum Gasteiger partial charge on any atom is 0.341 e. The third-order valence-electron chi connectivity index (χ3n) is 4.28. The summed E-state index contributed by atoms with van der Waals surface area (Å²) in [5.74, 6) is 0.374. The quantitative estimate of drug-likeness (QED) is 0.429. The van der Waals surface area contributed by atoms with Gasteiger partial charge in [0.15, 0.2) is 6.61 Å². The lowest BCUT2D eigenvalue weighted by Gasteiger charge is -2.11. The molecule has 0 aliphatic rings. The van der Waals surface area contributed by atoms with Gasteiger partial charge in [-0.25, -0.2) is 4.79 Å². The van der Waals surface area contributed by atoms with Gasteiger partial charge in [-0.15, -0.1) is 11.8 Å². The van der Waals surface area contributed by atoms with Gasteiger partial charge in [-0.3, -0.25) is 0 Å². The SMILES string of the molecule is Cc1cc(SC/C=C(/c2ccccc2)c2ccccc2Cl)ccc1OCC(=O)O. The van der Waals surface area contributed by atoms with E-state index in [0.717, 1.165) is 37.9 Å². The number of carboxylic acid groups (broad SMARTS) is 1. The van der Waals surface area contributed by atoms with E-state index >= 15 is 0 Å². The fourth-order valence-electron chi connectivity index (χ4n) is 2.91. The zero-order chi connectivity index (χ0) is 20.6. The minimum atomic E-state index is -0.985. The highest BCUT2D eigenvalue weighted by Crippen LogP contribution is 2.31. The van der Waals surface area contributed by atoms with Crippen LogP contribution in [0.15, 0.2) is 83.8 Å². The highest BCUT2D eigenvalue weighted by atomic mass is 35.5. The van der Waals surface area contributed by atoms with Crippen molar-refractivity contribution in [3.63, 3.8) is 0 Å². The van der Waals surface area contributed by atoms with Gasteiger partial charge in [-0.2, -0.15) is 0 Å². The maximum atomic E-state index is 10.7. The number of ether oxygens (including phenoxy) is 1. The number of thioether (sulfide) groups is 1. The Balaban J connectivity index is 1.78. The van der Waals surface area contributed by atoms with E-state index in [1.165, 1.54) is 0 Å². The van der Waals surface area contributed by atoms with Crippen molar-refractivity contribution in [2.45, 2.75) is 11.8 Å². The van der Waals surface area contributed by atoms with Crippen molar-refractivity contribution in [1.29, 1.82) is 0 Å². The van der Waals surface area contributed by atoms with E-state index in [2.05, 4.69) is 18.2 Å². The molecule has 0 fully saturated rings. The Kier molecular flexibility index (Phi) is 7.39. The first-order valence-corrected chi connectivity index (χ1v) is 10.5. The summed E-state index contributed by atoms with van der Waals surface area (Å²) in [4.78, 5) is 11.8. The molecule has 0 saturated heterocycles. The number of aliphatic carboxylic acids is 1. The van der Waals surface area contributed by atoms with Gasteiger partial charge in [0, 0.05) is 21.2 Å². The number of benzene rings is 3. The molecular formula is C24H21ClO3S. The molecule has 0 spiro atoms. The van der Waals surface area contributed by atoms with E-state index in [-0.39, 0.29) is 6.61 Å². The molecule has 148 valence electrons. The smallest absolute Gasteiger partial charge is 0.341 e. The first-order chi connectivity index (χ1) is 14.0. The molecule has 3 nitrogen and oxygen atoms in total. The number of aryl methyl sites for hydroxylation is 1. The lowest BCUT2D eigenvalue weighted by molar-refractivity contribution is -0.139. The summed E-state index contributed by atoms with van der Waals surface area (Å²) in [6.45, 7) is 1.57. The normalized spacial score (nSPS) is 11.3. The molecule has 3 rings (SSSR count). The monoisotopic (exact) mass is 424 g/mol.